The summed E-state index contributed by atoms with van der Waals surface area (Å²) in [6.45, 7) is 0.327. The van der Waals surface area contributed by atoms with Crippen molar-refractivity contribution in [3.8, 4) is 11.3 Å². The zero-order valence-electron chi connectivity index (χ0n) is 12.7. The average Bonchev–Trinajstić information content (AvgIpc) is 3.29. The van der Waals surface area contributed by atoms with Crippen molar-refractivity contribution in [2.45, 2.75) is 6.54 Å². The highest BCUT2D eigenvalue weighted by Crippen LogP contribution is 2.22. The van der Waals surface area contributed by atoms with Crippen LogP contribution in [0.25, 0.3) is 22.2 Å². The van der Waals surface area contributed by atoms with Crippen LogP contribution in [0, 0.1) is 0 Å². The Bertz CT molecular complexity index is 958. The minimum atomic E-state index is -0.159. The highest BCUT2D eigenvalue weighted by atomic mass is 32.1. The fraction of sp³-hybridized carbons (Fsp3) is 0.0556. The van der Waals surface area contributed by atoms with E-state index in [9.17, 15) is 4.79 Å². The number of nitrogens with zero attached hydrogens (tertiary/aromatic N) is 2. The summed E-state index contributed by atoms with van der Waals surface area (Å²) < 4.78 is 0. The van der Waals surface area contributed by atoms with E-state index in [1.807, 2.05) is 47.2 Å². The molecule has 1 aromatic carbocycles. The third-order valence-electron chi connectivity index (χ3n) is 3.76. The second kappa shape index (κ2) is 6.25. The Balaban J connectivity index is 1.54. The molecule has 3 aromatic heterocycles. The lowest BCUT2D eigenvalue weighted by molar-refractivity contribution is 0.0946. The van der Waals surface area contributed by atoms with E-state index in [0.29, 0.717) is 12.2 Å². The molecule has 4 rings (SSSR count). The molecule has 118 valence electrons. The van der Waals surface area contributed by atoms with Gasteiger partial charge in [0.15, 0.2) is 0 Å². The SMILES string of the molecule is O=C(NCc1nccnc1-c1ccsc1)c1cc2ccccc2[nH]1. The van der Waals surface area contributed by atoms with E-state index in [2.05, 4.69) is 20.3 Å². The number of carbonyl (C=O) groups excluding carboxylic acids is 1. The molecule has 3 heterocycles. The second-order valence-corrected chi connectivity index (χ2v) is 6.10. The first-order valence-electron chi connectivity index (χ1n) is 7.49. The van der Waals surface area contributed by atoms with Gasteiger partial charge in [-0.1, -0.05) is 18.2 Å². The third-order valence-corrected chi connectivity index (χ3v) is 4.44. The van der Waals surface area contributed by atoms with Gasteiger partial charge in [-0.25, -0.2) is 0 Å². The Hall–Kier alpha value is -2.99. The van der Waals surface area contributed by atoms with Crippen LogP contribution in [0.2, 0.25) is 0 Å². The highest BCUT2D eigenvalue weighted by molar-refractivity contribution is 7.08. The van der Waals surface area contributed by atoms with E-state index in [1.165, 1.54) is 0 Å². The summed E-state index contributed by atoms with van der Waals surface area (Å²) in [4.78, 5) is 24.3. The fourth-order valence-electron chi connectivity index (χ4n) is 2.59. The van der Waals surface area contributed by atoms with Gasteiger partial charge in [0.25, 0.3) is 5.91 Å². The molecule has 0 saturated carbocycles. The Morgan fingerprint density at radius 1 is 1.17 bits per heavy atom. The summed E-state index contributed by atoms with van der Waals surface area (Å²) in [5, 5.41) is 7.94. The fourth-order valence-corrected chi connectivity index (χ4v) is 3.23. The molecule has 0 spiro atoms. The molecule has 4 aromatic rings. The smallest absolute Gasteiger partial charge is 0.268 e. The van der Waals surface area contributed by atoms with Gasteiger partial charge < -0.3 is 10.3 Å². The Kier molecular flexibility index (Phi) is 3.80. The highest BCUT2D eigenvalue weighted by Gasteiger charge is 2.12. The minimum absolute atomic E-state index is 0.159. The number of rotatable bonds is 4. The number of fused-ring (bicyclic) bond motifs is 1. The molecule has 0 fully saturated rings. The van der Waals surface area contributed by atoms with Crippen LogP contribution in [0.3, 0.4) is 0 Å². The minimum Gasteiger partial charge on any atom is -0.351 e. The molecule has 6 heteroatoms. The number of H-pyrrole nitrogens is 1. The Morgan fingerprint density at radius 2 is 2.04 bits per heavy atom. The number of carbonyl (C=O) groups is 1. The first kappa shape index (κ1) is 14.6. The number of aromatic nitrogens is 3. The lowest BCUT2D eigenvalue weighted by atomic mass is 10.2. The maximum absolute atomic E-state index is 12.4. The Labute approximate surface area is 142 Å². The third kappa shape index (κ3) is 2.79. The van der Waals surface area contributed by atoms with E-state index in [4.69, 9.17) is 0 Å². The summed E-state index contributed by atoms with van der Waals surface area (Å²) in [6.07, 6.45) is 3.30. The van der Waals surface area contributed by atoms with Gasteiger partial charge in [0, 0.05) is 34.2 Å². The van der Waals surface area contributed by atoms with E-state index >= 15 is 0 Å². The summed E-state index contributed by atoms with van der Waals surface area (Å²) in [5.74, 6) is -0.159. The van der Waals surface area contributed by atoms with Gasteiger partial charge in [0.05, 0.1) is 17.9 Å². The molecule has 0 aliphatic carbocycles. The van der Waals surface area contributed by atoms with Gasteiger partial charge >= 0.3 is 0 Å². The van der Waals surface area contributed by atoms with Crippen LogP contribution in [-0.2, 0) is 6.54 Å². The molecular weight excluding hydrogens is 320 g/mol. The summed E-state index contributed by atoms with van der Waals surface area (Å²) >= 11 is 1.61. The van der Waals surface area contributed by atoms with Crippen LogP contribution in [-0.4, -0.2) is 20.9 Å². The lowest BCUT2D eigenvalue weighted by Gasteiger charge is -2.07. The molecule has 0 saturated heterocycles. The number of hydrogen-bond donors (Lipinski definition) is 2. The number of aromatic amines is 1. The summed E-state index contributed by atoms with van der Waals surface area (Å²) in [6, 6.07) is 11.7. The normalized spacial score (nSPS) is 10.8. The van der Waals surface area contributed by atoms with Crippen LogP contribution < -0.4 is 5.32 Å². The van der Waals surface area contributed by atoms with Crippen molar-refractivity contribution in [1.82, 2.24) is 20.3 Å². The molecule has 0 unspecified atom stereocenters. The zero-order valence-corrected chi connectivity index (χ0v) is 13.5. The Morgan fingerprint density at radius 3 is 2.88 bits per heavy atom. The molecule has 5 nitrogen and oxygen atoms in total. The van der Waals surface area contributed by atoms with Crippen molar-refractivity contribution >= 4 is 28.1 Å². The van der Waals surface area contributed by atoms with Gasteiger partial charge in [-0.05, 0) is 23.6 Å². The molecule has 0 radical (unpaired) electrons. The molecule has 0 aliphatic heterocycles. The van der Waals surface area contributed by atoms with E-state index in [1.54, 1.807) is 23.7 Å². The molecule has 24 heavy (non-hydrogen) atoms. The van der Waals surface area contributed by atoms with Gasteiger partial charge in [0.1, 0.15) is 5.69 Å². The van der Waals surface area contributed by atoms with Crippen molar-refractivity contribution in [3.05, 3.63) is 70.9 Å². The number of para-hydroxylation sites is 1. The van der Waals surface area contributed by atoms with Crippen molar-refractivity contribution in [2.75, 3.05) is 0 Å². The van der Waals surface area contributed by atoms with Crippen LogP contribution in [0.5, 0.6) is 0 Å². The second-order valence-electron chi connectivity index (χ2n) is 5.32. The number of amides is 1. The number of benzene rings is 1. The summed E-state index contributed by atoms with van der Waals surface area (Å²) in [7, 11) is 0. The molecule has 0 bridgehead atoms. The van der Waals surface area contributed by atoms with Crippen LogP contribution >= 0.6 is 11.3 Å². The lowest BCUT2D eigenvalue weighted by Crippen LogP contribution is -2.24. The number of nitrogens with one attached hydrogen (secondary N) is 2. The summed E-state index contributed by atoms with van der Waals surface area (Å²) in [5.41, 5.74) is 4.05. The van der Waals surface area contributed by atoms with Crippen molar-refractivity contribution in [1.29, 1.82) is 0 Å². The predicted molar refractivity (Wildman–Crippen MR) is 94.8 cm³/mol. The van der Waals surface area contributed by atoms with Crippen LogP contribution in [0.4, 0.5) is 0 Å². The first-order valence-corrected chi connectivity index (χ1v) is 8.44. The van der Waals surface area contributed by atoms with Gasteiger partial charge in [0.2, 0.25) is 0 Å². The van der Waals surface area contributed by atoms with Crippen molar-refractivity contribution in [3.63, 3.8) is 0 Å². The van der Waals surface area contributed by atoms with E-state index in [0.717, 1.165) is 27.9 Å². The quantitative estimate of drug-likeness (QED) is 0.599. The van der Waals surface area contributed by atoms with Crippen LogP contribution in [0.1, 0.15) is 16.2 Å². The number of hydrogen-bond acceptors (Lipinski definition) is 4. The molecule has 0 aliphatic rings. The van der Waals surface area contributed by atoms with Crippen LogP contribution in [0.15, 0.2) is 59.6 Å². The van der Waals surface area contributed by atoms with Crippen molar-refractivity contribution < 1.29 is 4.79 Å². The van der Waals surface area contributed by atoms with E-state index < -0.39 is 0 Å². The standard InChI is InChI=1S/C18H14N4OS/c23-18(15-9-12-3-1-2-4-14(12)22-15)21-10-16-17(20-7-6-19-16)13-5-8-24-11-13/h1-9,11,22H,10H2,(H,21,23). The zero-order chi connectivity index (χ0) is 16.4. The topological polar surface area (TPSA) is 70.7 Å². The van der Waals surface area contributed by atoms with Crippen molar-refractivity contribution in [2.24, 2.45) is 0 Å². The maximum Gasteiger partial charge on any atom is 0.268 e. The molecular formula is C18H14N4OS. The number of thiophene rings is 1. The van der Waals surface area contributed by atoms with Gasteiger partial charge in [-0.15, -0.1) is 0 Å². The predicted octanol–water partition coefficient (Wildman–Crippen LogP) is 3.62. The van der Waals surface area contributed by atoms with Gasteiger partial charge in [-0.3, -0.25) is 14.8 Å². The monoisotopic (exact) mass is 334 g/mol. The first-order chi connectivity index (χ1) is 11.8. The largest absolute Gasteiger partial charge is 0.351 e. The molecule has 0 atom stereocenters. The molecule has 1 amide bonds. The molecule has 2 N–H and O–H groups in total. The van der Waals surface area contributed by atoms with Gasteiger partial charge in [-0.2, -0.15) is 11.3 Å². The maximum atomic E-state index is 12.4. The average molecular weight is 334 g/mol. The van der Waals surface area contributed by atoms with E-state index in [-0.39, 0.29) is 5.91 Å².